The van der Waals surface area contributed by atoms with E-state index in [9.17, 15) is 4.79 Å². The average Bonchev–Trinajstić information content (AvgIpc) is 2.77. The molecular formula is C26H28BrClN2O. The number of rotatable bonds is 5. The van der Waals surface area contributed by atoms with Crippen LogP contribution in [0.2, 0.25) is 0 Å². The molecular weight excluding hydrogens is 472 g/mol. The van der Waals surface area contributed by atoms with E-state index in [1.807, 2.05) is 37.3 Å². The maximum absolute atomic E-state index is 13.0. The Morgan fingerprint density at radius 1 is 0.968 bits per heavy atom. The number of amides is 1. The molecule has 1 aliphatic rings. The van der Waals surface area contributed by atoms with Crippen molar-refractivity contribution < 1.29 is 4.79 Å². The zero-order valence-electron chi connectivity index (χ0n) is 17.7. The van der Waals surface area contributed by atoms with Crippen molar-refractivity contribution in [1.82, 2.24) is 4.90 Å². The maximum Gasteiger partial charge on any atom is 0.255 e. The summed E-state index contributed by atoms with van der Waals surface area (Å²) in [6, 6.07) is 22.4. The lowest BCUT2D eigenvalue weighted by Gasteiger charge is -2.27. The van der Waals surface area contributed by atoms with E-state index in [0.717, 1.165) is 35.4 Å². The first-order valence-electron chi connectivity index (χ1n) is 10.6. The molecule has 4 rings (SSSR count). The molecule has 3 aromatic rings. The zero-order valence-corrected chi connectivity index (χ0v) is 20.1. The van der Waals surface area contributed by atoms with Crippen LogP contribution in [0.3, 0.4) is 0 Å². The second-order valence-corrected chi connectivity index (χ2v) is 8.85. The minimum Gasteiger partial charge on any atom is -0.322 e. The summed E-state index contributed by atoms with van der Waals surface area (Å²) in [5.41, 5.74) is 6.21. The summed E-state index contributed by atoms with van der Waals surface area (Å²) in [4.78, 5) is 15.5. The molecule has 0 aromatic heterocycles. The lowest BCUT2D eigenvalue weighted by molar-refractivity contribution is 0.102. The van der Waals surface area contributed by atoms with Gasteiger partial charge in [-0.05, 0) is 85.4 Å². The Morgan fingerprint density at radius 3 is 2.42 bits per heavy atom. The van der Waals surface area contributed by atoms with Crippen LogP contribution in [0.4, 0.5) is 5.69 Å². The molecule has 1 fully saturated rings. The summed E-state index contributed by atoms with van der Waals surface area (Å²) in [7, 11) is 0. The molecule has 31 heavy (non-hydrogen) atoms. The monoisotopic (exact) mass is 498 g/mol. The summed E-state index contributed by atoms with van der Waals surface area (Å²) in [5, 5.41) is 3.04. The van der Waals surface area contributed by atoms with Gasteiger partial charge in [0.1, 0.15) is 0 Å². The number of anilines is 1. The molecule has 0 unspecified atom stereocenters. The number of hydrogen-bond donors (Lipinski definition) is 1. The smallest absolute Gasteiger partial charge is 0.255 e. The molecule has 1 saturated heterocycles. The van der Waals surface area contributed by atoms with E-state index < -0.39 is 0 Å². The fraction of sp³-hybridized carbons (Fsp3) is 0.269. The van der Waals surface area contributed by atoms with Gasteiger partial charge in [-0.2, -0.15) is 0 Å². The Labute approximate surface area is 199 Å². The van der Waals surface area contributed by atoms with Crippen LogP contribution < -0.4 is 5.32 Å². The lowest BCUT2D eigenvalue weighted by atomic mass is 9.96. The Morgan fingerprint density at radius 2 is 1.71 bits per heavy atom. The van der Waals surface area contributed by atoms with Gasteiger partial charge in [0.25, 0.3) is 5.91 Å². The zero-order chi connectivity index (χ0) is 20.9. The van der Waals surface area contributed by atoms with Crippen molar-refractivity contribution >= 4 is 39.9 Å². The Bertz CT molecular complexity index is 1030. The second-order valence-electron chi connectivity index (χ2n) is 7.99. The molecule has 162 valence electrons. The van der Waals surface area contributed by atoms with Gasteiger partial charge in [-0.3, -0.25) is 9.69 Å². The number of halogens is 2. The van der Waals surface area contributed by atoms with Crippen LogP contribution in [0.15, 0.2) is 71.2 Å². The van der Waals surface area contributed by atoms with E-state index >= 15 is 0 Å². The highest BCUT2D eigenvalue weighted by atomic mass is 79.9. The van der Waals surface area contributed by atoms with Gasteiger partial charge in [0.15, 0.2) is 0 Å². The second kappa shape index (κ2) is 10.9. The molecule has 1 heterocycles. The average molecular weight is 500 g/mol. The molecule has 1 amide bonds. The highest BCUT2D eigenvalue weighted by Crippen LogP contribution is 2.28. The third-order valence-electron chi connectivity index (χ3n) is 5.71. The van der Waals surface area contributed by atoms with E-state index in [1.54, 1.807) is 0 Å². The van der Waals surface area contributed by atoms with Crippen molar-refractivity contribution in [2.45, 2.75) is 32.7 Å². The normalized spacial score (nSPS) is 14.0. The molecule has 1 aliphatic heterocycles. The molecule has 0 bridgehead atoms. The third kappa shape index (κ3) is 5.97. The Kier molecular flexibility index (Phi) is 8.30. The Hall–Kier alpha value is -2.14. The van der Waals surface area contributed by atoms with Crippen molar-refractivity contribution in [3.63, 3.8) is 0 Å². The molecule has 0 aliphatic carbocycles. The first-order chi connectivity index (χ1) is 14.6. The summed E-state index contributed by atoms with van der Waals surface area (Å²) >= 11 is 3.51. The number of benzene rings is 3. The van der Waals surface area contributed by atoms with Crippen LogP contribution in [0.1, 0.15) is 40.7 Å². The molecule has 3 aromatic carbocycles. The van der Waals surface area contributed by atoms with E-state index in [-0.39, 0.29) is 18.3 Å². The van der Waals surface area contributed by atoms with Crippen molar-refractivity contribution in [2.75, 3.05) is 18.4 Å². The van der Waals surface area contributed by atoms with Crippen molar-refractivity contribution in [2.24, 2.45) is 0 Å². The number of piperidine rings is 1. The fourth-order valence-electron chi connectivity index (χ4n) is 4.05. The largest absolute Gasteiger partial charge is 0.322 e. The van der Waals surface area contributed by atoms with Gasteiger partial charge in [-0.25, -0.2) is 0 Å². The topological polar surface area (TPSA) is 32.3 Å². The van der Waals surface area contributed by atoms with Crippen LogP contribution in [0.5, 0.6) is 0 Å². The number of likely N-dealkylation sites (tertiary alicyclic amines) is 1. The molecule has 0 atom stereocenters. The summed E-state index contributed by atoms with van der Waals surface area (Å²) in [6.07, 6.45) is 3.82. The van der Waals surface area contributed by atoms with Crippen LogP contribution in [0, 0.1) is 6.92 Å². The van der Waals surface area contributed by atoms with Crippen LogP contribution >= 0.6 is 28.3 Å². The van der Waals surface area contributed by atoms with E-state index in [1.165, 1.54) is 36.0 Å². The van der Waals surface area contributed by atoms with Crippen molar-refractivity contribution in [3.8, 4) is 11.1 Å². The minimum absolute atomic E-state index is 0. The first kappa shape index (κ1) is 23.5. The summed E-state index contributed by atoms with van der Waals surface area (Å²) in [5.74, 6) is -0.0729. The predicted molar refractivity (Wildman–Crippen MR) is 135 cm³/mol. The lowest BCUT2D eigenvalue weighted by Crippen LogP contribution is -2.29. The van der Waals surface area contributed by atoms with Gasteiger partial charge in [0.05, 0.1) is 0 Å². The number of nitrogens with one attached hydrogen (secondary N) is 1. The molecule has 0 saturated carbocycles. The number of carbonyl (C=O) groups is 1. The van der Waals surface area contributed by atoms with Crippen LogP contribution in [-0.2, 0) is 6.54 Å². The standard InChI is InChI=1S/C26H27BrN2O.ClH/c1-19-16-23(11-13-25(19)27)28-26(30)21-10-12-24(20-8-4-2-5-9-20)22(17-21)18-29-14-6-3-7-15-29;/h2,4-5,8-13,16-17H,3,6-7,14-15,18H2,1H3,(H,28,30);1H. The molecule has 5 heteroatoms. The number of carbonyl (C=O) groups excluding carboxylic acids is 1. The van der Waals surface area contributed by atoms with Crippen molar-refractivity contribution in [3.05, 3.63) is 87.9 Å². The van der Waals surface area contributed by atoms with Gasteiger partial charge in [-0.15, -0.1) is 12.4 Å². The molecule has 0 spiro atoms. The fourth-order valence-corrected chi connectivity index (χ4v) is 4.30. The van der Waals surface area contributed by atoms with Gasteiger partial charge in [0, 0.05) is 22.3 Å². The SMILES string of the molecule is Cc1cc(NC(=O)c2ccc(-c3ccccc3)c(CN3CCCCC3)c2)ccc1Br.Cl. The van der Waals surface area contributed by atoms with Gasteiger partial charge < -0.3 is 5.32 Å². The number of nitrogens with zero attached hydrogens (tertiary/aromatic N) is 1. The van der Waals surface area contributed by atoms with Crippen LogP contribution in [-0.4, -0.2) is 23.9 Å². The molecule has 3 nitrogen and oxygen atoms in total. The third-order valence-corrected chi connectivity index (χ3v) is 6.60. The predicted octanol–water partition coefficient (Wildman–Crippen LogP) is 7.08. The Balaban J connectivity index is 0.00000272. The van der Waals surface area contributed by atoms with Gasteiger partial charge >= 0.3 is 0 Å². The first-order valence-corrected chi connectivity index (χ1v) is 11.4. The van der Waals surface area contributed by atoms with Gasteiger partial charge in [0.2, 0.25) is 0 Å². The highest BCUT2D eigenvalue weighted by molar-refractivity contribution is 9.10. The van der Waals surface area contributed by atoms with E-state index in [4.69, 9.17) is 0 Å². The van der Waals surface area contributed by atoms with E-state index in [0.29, 0.717) is 5.56 Å². The van der Waals surface area contributed by atoms with Crippen molar-refractivity contribution in [1.29, 1.82) is 0 Å². The van der Waals surface area contributed by atoms with Crippen LogP contribution in [0.25, 0.3) is 11.1 Å². The number of hydrogen-bond acceptors (Lipinski definition) is 2. The highest BCUT2D eigenvalue weighted by Gasteiger charge is 2.16. The quantitative estimate of drug-likeness (QED) is 0.406. The summed E-state index contributed by atoms with van der Waals surface area (Å²) in [6.45, 7) is 5.15. The maximum atomic E-state index is 13.0. The summed E-state index contributed by atoms with van der Waals surface area (Å²) < 4.78 is 1.04. The molecule has 0 radical (unpaired) electrons. The van der Waals surface area contributed by atoms with Gasteiger partial charge in [-0.1, -0.05) is 58.7 Å². The minimum atomic E-state index is -0.0729. The van der Waals surface area contributed by atoms with E-state index in [2.05, 4.69) is 62.5 Å². The molecule has 1 N–H and O–H groups in total. The number of aryl methyl sites for hydroxylation is 1.